The van der Waals surface area contributed by atoms with Crippen LogP contribution in [0, 0.1) is 11.7 Å². The minimum absolute atomic E-state index is 0.205. The molecule has 0 aromatic heterocycles. The molecule has 6 nitrogen and oxygen atoms in total. The molecule has 1 amide bonds. The maximum Gasteiger partial charge on any atom is 0.349 e. The van der Waals surface area contributed by atoms with E-state index in [1.54, 1.807) is 23.1 Å². The molecule has 0 saturated carbocycles. The number of carbonyl (C=O) groups excluding carboxylic acids is 2. The number of piperidine rings is 1. The highest BCUT2D eigenvalue weighted by molar-refractivity contribution is 14.1. The smallest absolute Gasteiger partial charge is 0.349 e. The fourth-order valence-corrected chi connectivity index (χ4v) is 3.95. The SMILES string of the molecule is COc1ccc(C(O)C(=O)OI)cc1C(=O)N1CCC(Cc2ccc(F)cc2)CC1. The van der Waals surface area contributed by atoms with Crippen molar-refractivity contribution in [2.45, 2.75) is 25.4 Å². The first-order chi connectivity index (χ1) is 14.4. The second-order valence-electron chi connectivity index (χ2n) is 7.32. The highest BCUT2D eigenvalue weighted by atomic mass is 127. The summed E-state index contributed by atoms with van der Waals surface area (Å²) < 4.78 is 22.9. The lowest BCUT2D eigenvalue weighted by atomic mass is 9.90. The van der Waals surface area contributed by atoms with E-state index in [1.165, 1.54) is 54.4 Å². The van der Waals surface area contributed by atoms with E-state index in [0.29, 0.717) is 30.3 Å². The summed E-state index contributed by atoms with van der Waals surface area (Å²) in [6.45, 7) is 1.19. The van der Waals surface area contributed by atoms with E-state index in [2.05, 4.69) is 3.07 Å². The van der Waals surface area contributed by atoms with Gasteiger partial charge >= 0.3 is 5.97 Å². The monoisotopic (exact) mass is 527 g/mol. The van der Waals surface area contributed by atoms with Crippen LogP contribution in [0.25, 0.3) is 0 Å². The van der Waals surface area contributed by atoms with Crippen molar-refractivity contribution in [3.05, 3.63) is 65.0 Å². The molecule has 1 atom stereocenters. The largest absolute Gasteiger partial charge is 0.496 e. The number of amides is 1. The Morgan fingerprint density at radius 1 is 1.20 bits per heavy atom. The minimum atomic E-state index is -1.47. The number of hydrogen-bond donors (Lipinski definition) is 1. The molecule has 1 heterocycles. The van der Waals surface area contributed by atoms with E-state index < -0.39 is 12.1 Å². The third-order valence-corrected chi connectivity index (χ3v) is 5.84. The van der Waals surface area contributed by atoms with E-state index >= 15 is 0 Å². The summed E-state index contributed by atoms with van der Waals surface area (Å²) >= 11 is 1.41. The topological polar surface area (TPSA) is 76.1 Å². The fraction of sp³-hybridized carbons (Fsp3) is 0.364. The highest BCUT2D eigenvalue weighted by Gasteiger charge is 2.27. The van der Waals surface area contributed by atoms with E-state index in [1.807, 2.05) is 0 Å². The number of halogens is 2. The van der Waals surface area contributed by atoms with Crippen LogP contribution in [0.15, 0.2) is 42.5 Å². The van der Waals surface area contributed by atoms with Gasteiger partial charge in [0.1, 0.15) is 11.6 Å². The Morgan fingerprint density at radius 2 is 1.87 bits per heavy atom. The van der Waals surface area contributed by atoms with Gasteiger partial charge in [-0.05, 0) is 60.6 Å². The first-order valence-electron chi connectivity index (χ1n) is 9.65. The average Bonchev–Trinajstić information content (AvgIpc) is 2.79. The predicted molar refractivity (Wildman–Crippen MR) is 117 cm³/mol. The van der Waals surface area contributed by atoms with Crippen LogP contribution in [0.3, 0.4) is 0 Å². The first-order valence-corrected chi connectivity index (χ1v) is 10.5. The van der Waals surface area contributed by atoms with Crippen LogP contribution in [0.1, 0.15) is 40.4 Å². The summed E-state index contributed by atoms with van der Waals surface area (Å²) in [5.74, 6) is -0.447. The molecule has 2 aromatic carbocycles. The van der Waals surface area contributed by atoms with Crippen molar-refractivity contribution in [3.8, 4) is 5.75 Å². The minimum Gasteiger partial charge on any atom is -0.496 e. The van der Waals surface area contributed by atoms with Gasteiger partial charge in [0.2, 0.25) is 0 Å². The van der Waals surface area contributed by atoms with Crippen molar-refractivity contribution in [3.63, 3.8) is 0 Å². The molecular formula is C22H23FINO5. The quantitative estimate of drug-likeness (QED) is 0.578. The lowest BCUT2D eigenvalue weighted by molar-refractivity contribution is -0.140. The van der Waals surface area contributed by atoms with Gasteiger partial charge in [-0.3, -0.25) is 4.79 Å². The number of hydrogen-bond acceptors (Lipinski definition) is 5. The number of nitrogens with zero attached hydrogens (tertiary/aromatic N) is 1. The fourth-order valence-electron chi connectivity index (χ4n) is 3.71. The third kappa shape index (κ3) is 5.28. The average molecular weight is 527 g/mol. The summed E-state index contributed by atoms with van der Waals surface area (Å²) in [7, 11) is 1.47. The molecule has 0 aliphatic carbocycles. The van der Waals surface area contributed by atoms with Gasteiger partial charge in [0, 0.05) is 13.1 Å². The zero-order valence-electron chi connectivity index (χ0n) is 16.5. The van der Waals surface area contributed by atoms with E-state index in [9.17, 15) is 19.1 Å². The molecule has 8 heteroatoms. The molecule has 0 bridgehead atoms. The van der Waals surface area contributed by atoms with Gasteiger partial charge in [-0.25, -0.2) is 9.18 Å². The second kappa shape index (κ2) is 10.2. The summed E-state index contributed by atoms with van der Waals surface area (Å²) in [6, 6.07) is 11.1. The Labute approximate surface area is 188 Å². The Morgan fingerprint density at radius 3 is 2.47 bits per heavy atom. The van der Waals surface area contributed by atoms with Crippen molar-refractivity contribution in [1.82, 2.24) is 4.90 Å². The molecule has 0 spiro atoms. The van der Waals surface area contributed by atoms with Gasteiger partial charge < -0.3 is 17.8 Å². The van der Waals surface area contributed by atoms with Crippen molar-refractivity contribution >= 4 is 34.9 Å². The molecule has 0 radical (unpaired) electrons. The maximum absolute atomic E-state index is 13.1. The van der Waals surface area contributed by atoms with Crippen LogP contribution in [0.4, 0.5) is 4.39 Å². The molecule has 1 aliphatic heterocycles. The van der Waals surface area contributed by atoms with Crippen LogP contribution in [-0.2, 0) is 14.3 Å². The van der Waals surface area contributed by atoms with Gasteiger partial charge in [0.15, 0.2) is 29.1 Å². The second-order valence-corrected chi connectivity index (χ2v) is 7.77. The van der Waals surface area contributed by atoms with Crippen LogP contribution >= 0.6 is 23.0 Å². The number of rotatable bonds is 6. The van der Waals surface area contributed by atoms with E-state index in [0.717, 1.165) is 24.8 Å². The van der Waals surface area contributed by atoms with Crippen LogP contribution in [0.5, 0.6) is 5.75 Å². The Hall–Kier alpha value is -2.20. The number of carbonyl (C=O) groups is 2. The molecule has 1 saturated heterocycles. The first kappa shape index (κ1) is 22.5. The molecule has 1 unspecified atom stereocenters. The molecule has 30 heavy (non-hydrogen) atoms. The summed E-state index contributed by atoms with van der Waals surface area (Å²) in [5, 5.41) is 10.1. The highest BCUT2D eigenvalue weighted by Crippen LogP contribution is 2.28. The normalized spacial score (nSPS) is 15.5. The van der Waals surface area contributed by atoms with Crippen LogP contribution in [-0.4, -0.2) is 42.1 Å². The summed E-state index contributed by atoms with van der Waals surface area (Å²) in [4.78, 5) is 26.5. The van der Waals surface area contributed by atoms with Crippen molar-refractivity contribution in [2.75, 3.05) is 20.2 Å². The zero-order chi connectivity index (χ0) is 21.7. The molecule has 3 rings (SSSR count). The van der Waals surface area contributed by atoms with E-state index in [4.69, 9.17) is 4.74 Å². The Bertz CT molecular complexity index is 897. The van der Waals surface area contributed by atoms with Crippen molar-refractivity contribution < 1.29 is 26.9 Å². The third-order valence-electron chi connectivity index (χ3n) is 5.41. The van der Waals surface area contributed by atoms with Crippen LogP contribution < -0.4 is 4.74 Å². The maximum atomic E-state index is 13.1. The van der Waals surface area contributed by atoms with Gasteiger partial charge in [-0.1, -0.05) is 18.2 Å². The number of benzene rings is 2. The van der Waals surface area contributed by atoms with Crippen molar-refractivity contribution in [2.24, 2.45) is 5.92 Å². The van der Waals surface area contributed by atoms with Crippen LogP contribution in [0.2, 0.25) is 0 Å². The number of aliphatic hydroxyl groups excluding tert-OH is 1. The Balaban J connectivity index is 1.68. The van der Waals surface area contributed by atoms with Crippen molar-refractivity contribution in [1.29, 1.82) is 0 Å². The number of likely N-dealkylation sites (tertiary alicyclic amines) is 1. The molecule has 1 aliphatic rings. The predicted octanol–water partition coefficient (Wildman–Crippen LogP) is 3.86. The molecule has 1 N–H and O–H groups in total. The standard InChI is InChI=1S/C22H23FINO5/c1-29-19-7-4-16(20(26)22(28)30-24)13-18(19)21(27)25-10-8-15(9-11-25)12-14-2-5-17(23)6-3-14/h2-7,13,15,20,26H,8-12H2,1H3. The lowest BCUT2D eigenvalue weighted by Crippen LogP contribution is -2.39. The summed E-state index contributed by atoms with van der Waals surface area (Å²) in [6.07, 6.45) is 1.07. The zero-order valence-corrected chi connectivity index (χ0v) is 18.7. The Kier molecular flexibility index (Phi) is 7.65. The molecule has 2 aromatic rings. The van der Waals surface area contributed by atoms with Gasteiger partial charge in [0.05, 0.1) is 12.7 Å². The molecular weight excluding hydrogens is 504 g/mol. The van der Waals surface area contributed by atoms with E-state index in [-0.39, 0.29) is 17.3 Å². The molecule has 1 fully saturated rings. The van der Waals surface area contributed by atoms with Gasteiger partial charge in [-0.2, -0.15) is 0 Å². The number of aliphatic hydroxyl groups is 1. The van der Waals surface area contributed by atoms with Gasteiger partial charge in [-0.15, -0.1) is 0 Å². The number of methoxy groups -OCH3 is 1. The summed E-state index contributed by atoms with van der Waals surface area (Å²) in [5.41, 5.74) is 1.66. The lowest BCUT2D eigenvalue weighted by Gasteiger charge is -2.32. The number of ether oxygens (including phenoxy) is 1. The van der Waals surface area contributed by atoms with Gasteiger partial charge in [0.25, 0.3) is 5.91 Å². The molecule has 160 valence electrons.